The van der Waals surface area contributed by atoms with E-state index in [0.717, 1.165) is 0 Å². The molecule has 0 saturated heterocycles. The highest BCUT2D eigenvalue weighted by Gasteiger charge is 2.01. The Hall–Kier alpha value is -0.680. The average molecular weight is 265 g/mol. The molecule has 1 aromatic rings. The van der Waals surface area contributed by atoms with Gasteiger partial charge in [-0.05, 0) is 12.1 Å². The maximum absolute atomic E-state index is 11.1. The molecule has 1 heterocycles. The van der Waals surface area contributed by atoms with Crippen molar-refractivity contribution in [3.05, 3.63) is 17.3 Å². The fourth-order valence-electron chi connectivity index (χ4n) is 0.674. The van der Waals surface area contributed by atoms with Gasteiger partial charge in [0.15, 0.2) is 11.0 Å². The number of anilines is 1. The number of amides is 1. The second kappa shape index (κ2) is 5.14. The SMILES string of the molecule is O=C(CCBr)Nc1ccc(Cl)nn1. The lowest BCUT2D eigenvalue weighted by Gasteiger charge is -2.00. The molecular formula is C7H7BrClN3O. The van der Waals surface area contributed by atoms with Gasteiger partial charge in [0.25, 0.3) is 0 Å². The number of aromatic nitrogens is 2. The van der Waals surface area contributed by atoms with Gasteiger partial charge in [0.1, 0.15) is 0 Å². The summed E-state index contributed by atoms with van der Waals surface area (Å²) in [5, 5.41) is 10.8. The number of nitrogens with zero attached hydrogens (tertiary/aromatic N) is 2. The van der Waals surface area contributed by atoms with Gasteiger partial charge in [-0.3, -0.25) is 4.79 Å². The molecule has 4 nitrogen and oxygen atoms in total. The predicted octanol–water partition coefficient (Wildman–Crippen LogP) is 1.85. The van der Waals surface area contributed by atoms with Gasteiger partial charge in [-0.15, -0.1) is 10.2 Å². The second-order valence-electron chi connectivity index (χ2n) is 2.23. The molecule has 0 radical (unpaired) electrons. The van der Waals surface area contributed by atoms with E-state index < -0.39 is 0 Å². The lowest BCUT2D eigenvalue weighted by Crippen LogP contribution is -2.12. The molecule has 0 aliphatic rings. The molecule has 0 bridgehead atoms. The first kappa shape index (κ1) is 10.4. The number of carbonyl (C=O) groups excluding carboxylic acids is 1. The number of rotatable bonds is 3. The number of hydrogen-bond acceptors (Lipinski definition) is 3. The minimum Gasteiger partial charge on any atom is -0.309 e. The molecule has 13 heavy (non-hydrogen) atoms. The zero-order valence-corrected chi connectivity index (χ0v) is 8.97. The van der Waals surface area contributed by atoms with Crippen molar-refractivity contribution < 1.29 is 4.79 Å². The number of alkyl halides is 1. The maximum Gasteiger partial charge on any atom is 0.226 e. The van der Waals surface area contributed by atoms with Gasteiger partial charge in [-0.2, -0.15) is 0 Å². The highest BCUT2D eigenvalue weighted by Crippen LogP contribution is 2.06. The summed E-state index contributed by atoms with van der Waals surface area (Å²) < 4.78 is 0. The zero-order chi connectivity index (χ0) is 9.68. The standard InChI is InChI=1S/C7H7BrClN3O/c8-4-3-7(13)10-6-2-1-5(9)11-12-6/h1-2H,3-4H2,(H,10,12,13). The smallest absolute Gasteiger partial charge is 0.226 e. The molecular weight excluding hydrogens is 257 g/mol. The Balaban J connectivity index is 2.54. The molecule has 70 valence electrons. The molecule has 1 rings (SSSR count). The van der Waals surface area contributed by atoms with Crippen LogP contribution in [0.2, 0.25) is 5.15 Å². The van der Waals surface area contributed by atoms with Crippen LogP contribution in [-0.4, -0.2) is 21.4 Å². The van der Waals surface area contributed by atoms with Gasteiger partial charge in [0.05, 0.1) is 0 Å². The first-order valence-corrected chi connectivity index (χ1v) is 5.07. The van der Waals surface area contributed by atoms with E-state index in [9.17, 15) is 4.79 Å². The van der Waals surface area contributed by atoms with Gasteiger partial charge in [-0.25, -0.2) is 0 Å². The quantitative estimate of drug-likeness (QED) is 0.848. The van der Waals surface area contributed by atoms with Crippen LogP contribution in [0.15, 0.2) is 12.1 Å². The number of carbonyl (C=O) groups is 1. The monoisotopic (exact) mass is 263 g/mol. The third-order valence-corrected chi connectivity index (χ3v) is 1.82. The van der Waals surface area contributed by atoms with Crippen molar-refractivity contribution in [2.75, 3.05) is 10.6 Å². The van der Waals surface area contributed by atoms with Crippen molar-refractivity contribution in [1.29, 1.82) is 0 Å². The Bertz CT molecular complexity index is 290. The summed E-state index contributed by atoms with van der Waals surface area (Å²) in [4.78, 5) is 11.1. The fraction of sp³-hybridized carbons (Fsp3) is 0.286. The van der Waals surface area contributed by atoms with Crippen LogP contribution in [0.4, 0.5) is 5.82 Å². The van der Waals surface area contributed by atoms with Gasteiger partial charge < -0.3 is 5.32 Å². The molecule has 0 atom stereocenters. The Morgan fingerprint density at radius 3 is 2.85 bits per heavy atom. The zero-order valence-electron chi connectivity index (χ0n) is 6.63. The lowest BCUT2D eigenvalue weighted by atomic mass is 10.4. The van der Waals surface area contributed by atoms with Gasteiger partial charge in [-0.1, -0.05) is 27.5 Å². The predicted molar refractivity (Wildman–Crippen MR) is 54.1 cm³/mol. The Morgan fingerprint density at radius 1 is 1.54 bits per heavy atom. The van der Waals surface area contributed by atoms with E-state index >= 15 is 0 Å². The van der Waals surface area contributed by atoms with Gasteiger partial charge >= 0.3 is 0 Å². The van der Waals surface area contributed by atoms with Crippen LogP contribution in [0.3, 0.4) is 0 Å². The van der Waals surface area contributed by atoms with Crippen LogP contribution in [0.1, 0.15) is 6.42 Å². The van der Waals surface area contributed by atoms with E-state index in [0.29, 0.717) is 22.7 Å². The summed E-state index contributed by atoms with van der Waals surface area (Å²) in [5.41, 5.74) is 0. The van der Waals surface area contributed by atoms with Gasteiger partial charge in [0.2, 0.25) is 5.91 Å². The van der Waals surface area contributed by atoms with Crippen LogP contribution in [-0.2, 0) is 4.79 Å². The maximum atomic E-state index is 11.1. The molecule has 0 aromatic carbocycles. The van der Waals surface area contributed by atoms with E-state index in [4.69, 9.17) is 11.6 Å². The Labute approximate surface area is 88.8 Å². The molecule has 0 spiro atoms. The number of hydrogen-bond donors (Lipinski definition) is 1. The number of halogens is 2. The molecule has 1 N–H and O–H groups in total. The topological polar surface area (TPSA) is 54.9 Å². The highest BCUT2D eigenvalue weighted by atomic mass is 79.9. The van der Waals surface area contributed by atoms with Crippen molar-refractivity contribution in [1.82, 2.24) is 10.2 Å². The molecule has 0 fully saturated rings. The van der Waals surface area contributed by atoms with Crippen LogP contribution >= 0.6 is 27.5 Å². The van der Waals surface area contributed by atoms with Crippen LogP contribution in [0.25, 0.3) is 0 Å². The molecule has 1 amide bonds. The van der Waals surface area contributed by atoms with Gasteiger partial charge in [0, 0.05) is 11.8 Å². The summed E-state index contributed by atoms with van der Waals surface area (Å²) in [7, 11) is 0. The summed E-state index contributed by atoms with van der Waals surface area (Å²) >= 11 is 8.67. The van der Waals surface area contributed by atoms with Crippen molar-refractivity contribution in [3.8, 4) is 0 Å². The van der Waals surface area contributed by atoms with E-state index in [2.05, 4.69) is 31.4 Å². The van der Waals surface area contributed by atoms with Crippen LogP contribution < -0.4 is 5.32 Å². The molecule has 6 heteroatoms. The number of nitrogens with one attached hydrogen (secondary N) is 1. The van der Waals surface area contributed by atoms with Crippen molar-refractivity contribution in [2.24, 2.45) is 0 Å². The van der Waals surface area contributed by atoms with Crippen molar-refractivity contribution in [2.45, 2.75) is 6.42 Å². The molecule has 0 aliphatic carbocycles. The van der Waals surface area contributed by atoms with E-state index in [1.807, 2.05) is 0 Å². The van der Waals surface area contributed by atoms with Crippen molar-refractivity contribution in [3.63, 3.8) is 0 Å². The minimum absolute atomic E-state index is 0.103. The Kier molecular flexibility index (Phi) is 4.11. The molecule has 0 aliphatic heterocycles. The first-order chi connectivity index (χ1) is 6.22. The summed E-state index contributed by atoms with van der Waals surface area (Å²) in [5.74, 6) is 0.309. The van der Waals surface area contributed by atoms with Crippen LogP contribution in [0.5, 0.6) is 0 Å². The highest BCUT2D eigenvalue weighted by molar-refractivity contribution is 9.09. The fourth-order valence-corrected chi connectivity index (χ4v) is 1.13. The lowest BCUT2D eigenvalue weighted by molar-refractivity contribution is -0.115. The molecule has 0 saturated carbocycles. The summed E-state index contributed by atoms with van der Waals surface area (Å²) in [6.07, 6.45) is 0.407. The van der Waals surface area contributed by atoms with E-state index in [1.165, 1.54) is 0 Å². The third-order valence-electron chi connectivity index (χ3n) is 1.22. The second-order valence-corrected chi connectivity index (χ2v) is 3.41. The normalized spacial score (nSPS) is 9.69. The third kappa shape index (κ3) is 3.69. The van der Waals surface area contributed by atoms with Crippen molar-refractivity contribution >= 4 is 39.3 Å². The summed E-state index contributed by atoms with van der Waals surface area (Å²) in [6, 6.07) is 3.17. The first-order valence-electron chi connectivity index (χ1n) is 3.57. The van der Waals surface area contributed by atoms with E-state index in [-0.39, 0.29) is 5.91 Å². The van der Waals surface area contributed by atoms with Crippen LogP contribution in [0, 0.1) is 0 Å². The molecule has 0 unspecified atom stereocenters. The molecule has 1 aromatic heterocycles. The summed E-state index contributed by atoms with van der Waals surface area (Å²) in [6.45, 7) is 0. The minimum atomic E-state index is -0.103. The Morgan fingerprint density at radius 2 is 2.31 bits per heavy atom. The largest absolute Gasteiger partial charge is 0.309 e. The average Bonchev–Trinajstić information content (AvgIpc) is 2.09. The van der Waals surface area contributed by atoms with E-state index in [1.54, 1.807) is 12.1 Å².